The largest absolute Gasteiger partial charge is 0.351 e. The van der Waals surface area contributed by atoms with Crippen LogP contribution in [0.4, 0.5) is 0 Å². The smallest absolute Gasteiger partial charge is 0.261 e. The maximum Gasteiger partial charge on any atom is 0.261 e. The molecular weight excluding hydrogens is 322 g/mol. The monoisotopic (exact) mass is 343 g/mol. The lowest BCUT2D eigenvalue weighted by atomic mass is 9.80. The summed E-state index contributed by atoms with van der Waals surface area (Å²) >= 11 is 5.16. The molecule has 19 heavy (non-hydrogen) atoms. The Balaban J connectivity index is 1.89. The van der Waals surface area contributed by atoms with Gasteiger partial charge in [0.05, 0.1) is 4.88 Å². The van der Waals surface area contributed by atoms with Gasteiger partial charge in [0.2, 0.25) is 0 Å². The van der Waals surface area contributed by atoms with Crippen LogP contribution in [0.25, 0.3) is 0 Å². The molecule has 2 nitrogen and oxygen atoms in total. The predicted molar refractivity (Wildman–Crippen MR) is 85.3 cm³/mol. The lowest BCUT2D eigenvalue weighted by molar-refractivity contribution is 0.0940. The van der Waals surface area contributed by atoms with Gasteiger partial charge in [0, 0.05) is 11.9 Å². The van der Waals surface area contributed by atoms with Gasteiger partial charge < -0.3 is 5.32 Å². The number of nitrogens with one attached hydrogen (secondary N) is 1. The Bertz CT molecular complexity index is 418. The van der Waals surface area contributed by atoms with Crippen molar-refractivity contribution < 1.29 is 4.79 Å². The third-order valence-corrected chi connectivity index (χ3v) is 5.91. The molecule has 1 aliphatic rings. The summed E-state index contributed by atoms with van der Waals surface area (Å²) < 4.78 is 0. The van der Waals surface area contributed by atoms with Crippen molar-refractivity contribution in [2.24, 2.45) is 11.8 Å². The Hall–Kier alpha value is -0.350. The molecule has 2 atom stereocenters. The Labute approximate surface area is 128 Å². The van der Waals surface area contributed by atoms with Crippen molar-refractivity contribution in [1.82, 2.24) is 5.32 Å². The fraction of sp³-hybridized carbons (Fsp3) is 0.667. The zero-order valence-corrected chi connectivity index (χ0v) is 13.9. The van der Waals surface area contributed by atoms with Crippen LogP contribution in [0, 0.1) is 11.8 Å². The van der Waals surface area contributed by atoms with Crippen LogP contribution in [0.15, 0.2) is 11.4 Å². The summed E-state index contributed by atoms with van der Waals surface area (Å²) in [5, 5.41) is 6.22. The summed E-state index contributed by atoms with van der Waals surface area (Å²) in [4.78, 5) is 13.1. The molecule has 0 aliphatic heterocycles. The normalized spacial score (nSPS) is 23.3. The van der Waals surface area contributed by atoms with E-state index in [0.717, 1.165) is 29.1 Å². The first-order valence-electron chi connectivity index (χ1n) is 7.16. The second-order valence-electron chi connectivity index (χ2n) is 5.30. The number of halogens is 1. The van der Waals surface area contributed by atoms with E-state index in [1.54, 1.807) is 11.3 Å². The minimum Gasteiger partial charge on any atom is -0.351 e. The second kappa shape index (κ2) is 7.44. The predicted octanol–water partition coefficient (Wildman–Crippen LogP) is 4.24. The van der Waals surface area contributed by atoms with Crippen LogP contribution < -0.4 is 5.32 Å². The van der Waals surface area contributed by atoms with Crippen molar-refractivity contribution in [2.45, 2.75) is 39.0 Å². The number of hydrogen-bond acceptors (Lipinski definition) is 2. The second-order valence-corrected chi connectivity index (χ2v) is 6.86. The van der Waals surface area contributed by atoms with Crippen molar-refractivity contribution in [3.05, 3.63) is 21.9 Å². The van der Waals surface area contributed by atoms with E-state index in [1.807, 2.05) is 5.38 Å². The van der Waals surface area contributed by atoms with Crippen molar-refractivity contribution in [3.63, 3.8) is 0 Å². The number of carbonyl (C=O) groups is 1. The van der Waals surface area contributed by atoms with Crippen molar-refractivity contribution >= 4 is 33.2 Å². The number of hydrogen-bond donors (Lipinski definition) is 1. The van der Waals surface area contributed by atoms with Crippen LogP contribution in [0.5, 0.6) is 0 Å². The Kier molecular flexibility index (Phi) is 5.89. The summed E-state index contributed by atoms with van der Waals surface area (Å²) in [7, 11) is 0. The quantitative estimate of drug-likeness (QED) is 0.796. The van der Waals surface area contributed by atoms with E-state index in [-0.39, 0.29) is 5.91 Å². The summed E-state index contributed by atoms with van der Waals surface area (Å²) in [5.74, 6) is 1.48. The van der Waals surface area contributed by atoms with Crippen molar-refractivity contribution in [2.75, 3.05) is 11.9 Å². The minimum absolute atomic E-state index is 0.116. The molecule has 1 aromatic heterocycles. The van der Waals surface area contributed by atoms with E-state index >= 15 is 0 Å². The van der Waals surface area contributed by atoms with Crippen molar-refractivity contribution in [3.8, 4) is 0 Å². The molecule has 1 N–H and O–H groups in total. The van der Waals surface area contributed by atoms with E-state index in [0.29, 0.717) is 5.92 Å². The molecule has 0 bridgehead atoms. The van der Waals surface area contributed by atoms with E-state index in [1.165, 1.54) is 31.2 Å². The molecule has 2 rings (SSSR count). The molecule has 4 heteroatoms. The fourth-order valence-corrected chi connectivity index (χ4v) is 4.64. The fourth-order valence-electron chi connectivity index (χ4n) is 2.87. The number of alkyl halides is 1. The van der Waals surface area contributed by atoms with Crippen LogP contribution in [-0.2, 0) is 6.42 Å². The summed E-state index contributed by atoms with van der Waals surface area (Å²) in [6.45, 7) is 2.93. The Morgan fingerprint density at radius 3 is 2.84 bits per heavy atom. The molecule has 0 aromatic carbocycles. The number of rotatable bonds is 5. The highest BCUT2D eigenvalue weighted by Gasteiger charge is 2.24. The lowest BCUT2D eigenvalue weighted by Crippen LogP contribution is -2.34. The van der Waals surface area contributed by atoms with Crippen LogP contribution in [0.2, 0.25) is 0 Å². The van der Waals surface area contributed by atoms with Gasteiger partial charge in [-0.3, -0.25) is 4.79 Å². The van der Waals surface area contributed by atoms with Gasteiger partial charge in [0.25, 0.3) is 5.91 Å². The standard InChI is InChI=1S/C15H22BrNOS/c1-2-11-7-8-19-14(11)15(18)17-10-13-6-4-3-5-12(13)9-16/h7-8,12-13H,2-6,9-10H2,1H3,(H,17,18). The highest BCUT2D eigenvalue weighted by atomic mass is 79.9. The van der Waals surface area contributed by atoms with E-state index in [2.05, 4.69) is 34.2 Å². The highest BCUT2D eigenvalue weighted by molar-refractivity contribution is 9.09. The summed E-state index contributed by atoms with van der Waals surface area (Å²) in [6, 6.07) is 2.06. The van der Waals surface area contributed by atoms with Gasteiger partial charge in [-0.1, -0.05) is 35.7 Å². The molecule has 0 saturated heterocycles. The molecule has 0 spiro atoms. The molecule has 1 aliphatic carbocycles. The third-order valence-electron chi connectivity index (χ3n) is 4.12. The summed E-state index contributed by atoms with van der Waals surface area (Å²) in [6.07, 6.45) is 6.13. The molecular formula is C15H22BrNOS. The maximum absolute atomic E-state index is 12.2. The van der Waals surface area contributed by atoms with Crippen LogP contribution in [-0.4, -0.2) is 17.8 Å². The first-order valence-corrected chi connectivity index (χ1v) is 9.16. The zero-order chi connectivity index (χ0) is 13.7. The molecule has 1 fully saturated rings. The average molecular weight is 344 g/mol. The number of thiophene rings is 1. The molecule has 0 radical (unpaired) electrons. The number of carbonyl (C=O) groups excluding carboxylic acids is 1. The van der Waals surface area contributed by atoms with E-state index < -0.39 is 0 Å². The molecule has 2 unspecified atom stereocenters. The first kappa shape index (κ1) is 15.0. The molecule has 106 valence electrons. The molecule has 1 aromatic rings. The van der Waals surface area contributed by atoms with Crippen LogP contribution >= 0.6 is 27.3 Å². The average Bonchev–Trinajstić information content (AvgIpc) is 2.93. The lowest BCUT2D eigenvalue weighted by Gasteiger charge is -2.30. The number of aryl methyl sites for hydroxylation is 1. The van der Waals surface area contributed by atoms with Gasteiger partial charge in [0.15, 0.2) is 0 Å². The number of amides is 1. The minimum atomic E-state index is 0.116. The van der Waals surface area contributed by atoms with Crippen molar-refractivity contribution in [1.29, 1.82) is 0 Å². The van der Waals surface area contributed by atoms with Crippen LogP contribution in [0.3, 0.4) is 0 Å². The third kappa shape index (κ3) is 3.82. The van der Waals surface area contributed by atoms with Gasteiger partial charge >= 0.3 is 0 Å². The van der Waals surface area contributed by atoms with Crippen LogP contribution in [0.1, 0.15) is 47.8 Å². The molecule has 1 saturated carbocycles. The SMILES string of the molecule is CCc1ccsc1C(=O)NCC1CCCCC1CBr. The first-order chi connectivity index (χ1) is 9.26. The zero-order valence-electron chi connectivity index (χ0n) is 11.5. The Morgan fingerprint density at radius 2 is 2.16 bits per heavy atom. The van der Waals surface area contributed by atoms with E-state index in [9.17, 15) is 4.79 Å². The van der Waals surface area contributed by atoms with Gasteiger partial charge in [-0.2, -0.15) is 0 Å². The highest BCUT2D eigenvalue weighted by Crippen LogP contribution is 2.31. The summed E-state index contributed by atoms with van der Waals surface area (Å²) in [5.41, 5.74) is 1.17. The van der Waals surface area contributed by atoms with Gasteiger partial charge in [-0.25, -0.2) is 0 Å². The Morgan fingerprint density at radius 1 is 1.42 bits per heavy atom. The van der Waals surface area contributed by atoms with Gasteiger partial charge in [-0.05, 0) is 48.1 Å². The van der Waals surface area contributed by atoms with Gasteiger partial charge in [-0.15, -0.1) is 11.3 Å². The topological polar surface area (TPSA) is 29.1 Å². The molecule has 1 heterocycles. The van der Waals surface area contributed by atoms with Gasteiger partial charge in [0.1, 0.15) is 0 Å². The maximum atomic E-state index is 12.2. The molecule has 1 amide bonds. The van der Waals surface area contributed by atoms with E-state index in [4.69, 9.17) is 0 Å².